The lowest BCUT2D eigenvalue weighted by molar-refractivity contribution is 0.0712. The summed E-state index contributed by atoms with van der Waals surface area (Å²) in [7, 11) is 0. The van der Waals surface area contributed by atoms with Gasteiger partial charge in [0.05, 0.1) is 11.0 Å². The summed E-state index contributed by atoms with van der Waals surface area (Å²) in [6, 6.07) is 10.1. The predicted octanol–water partition coefficient (Wildman–Crippen LogP) is 4.20. The zero-order valence-electron chi connectivity index (χ0n) is 14.7. The fraction of sp³-hybridized carbons (Fsp3) is 0.333. The largest absolute Gasteiger partial charge is 0.360 e. The summed E-state index contributed by atoms with van der Waals surface area (Å²) in [6.07, 6.45) is 5.91. The Morgan fingerprint density at radius 1 is 1.20 bits per heavy atom. The maximum atomic E-state index is 12.8. The molecule has 0 atom stereocenters. The van der Waals surface area contributed by atoms with Crippen LogP contribution in [0, 0.1) is 13.8 Å². The summed E-state index contributed by atoms with van der Waals surface area (Å²) in [5.41, 5.74) is 6.53. The highest BCUT2D eigenvalue weighted by Crippen LogP contribution is 2.32. The lowest BCUT2D eigenvalue weighted by Crippen LogP contribution is -2.38. The molecule has 4 heteroatoms. The molecule has 0 radical (unpaired) electrons. The fourth-order valence-corrected chi connectivity index (χ4v) is 3.90. The molecule has 4 rings (SSSR count). The monoisotopic (exact) mass is 333 g/mol. The van der Waals surface area contributed by atoms with E-state index in [0.717, 1.165) is 48.1 Å². The molecular weight excluding hydrogens is 310 g/mol. The minimum absolute atomic E-state index is 0.160. The van der Waals surface area contributed by atoms with Crippen LogP contribution in [0.1, 0.15) is 45.8 Å². The number of pyridine rings is 1. The molecule has 1 aliphatic heterocycles. The zero-order chi connectivity index (χ0) is 17.4. The number of H-pyrrole nitrogens is 1. The van der Waals surface area contributed by atoms with Gasteiger partial charge in [-0.3, -0.25) is 9.78 Å². The number of aromatic amines is 1. The average molecular weight is 333 g/mol. The van der Waals surface area contributed by atoms with Gasteiger partial charge in [0.1, 0.15) is 0 Å². The number of likely N-dealkylation sites (tertiary alicyclic amines) is 1. The quantitative estimate of drug-likeness (QED) is 0.764. The van der Waals surface area contributed by atoms with Crippen LogP contribution in [0.5, 0.6) is 0 Å². The zero-order valence-corrected chi connectivity index (χ0v) is 14.7. The minimum Gasteiger partial charge on any atom is -0.360 e. The third kappa shape index (κ3) is 2.93. The summed E-state index contributed by atoms with van der Waals surface area (Å²) in [5, 5.41) is 0. The molecule has 4 nitrogen and oxygen atoms in total. The van der Waals surface area contributed by atoms with E-state index in [1.165, 1.54) is 11.1 Å². The number of nitrogens with one attached hydrogen (secondary N) is 1. The molecule has 3 aromatic rings. The van der Waals surface area contributed by atoms with Crippen LogP contribution < -0.4 is 0 Å². The molecular formula is C21H23N3O. The Balaban J connectivity index is 1.49. The van der Waals surface area contributed by atoms with E-state index >= 15 is 0 Å². The maximum absolute atomic E-state index is 12.8. The summed E-state index contributed by atoms with van der Waals surface area (Å²) in [5.74, 6) is 0.625. The Kier molecular flexibility index (Phi) is 4.04. The molecule has 128 valence electrons. The Morgan fingerprint density at radius 2 is 2.00 bits per heavy atom. The van der Waals surface area contributed by atoms with Gasteiger partial charge in [0.25, 0.3) is 5.91 Å². The van der Waals surface area contributed by atoms with Crippen molar-refractivity contribution < 1.29 is 4.79 Å². The van der Waals surface area contributed by atoms with Crippen LogP contribution in [0.3, 0.4) is 0 Å². The molecule has 1 fully saturated rings. The normalized spacial score (nSPS) is 15.7. The van der Waals surface area contributed by atoms with Crippen LogP contribution in [-0.4, -0.2) is 33.9 Å². The first kappa shape index (κ1) is 15.9. The number of aromatic nitrogens is 2. The number of amides is 1. The molecule has 1 aliphatic rings. The molecule has 0 unspecified atom stereocenters. The van der Waals surface area contributed by atoms with E-state index in [2.05, 4.69) is 35.2 Å². The summed E-state index contributed by atoms with van der Waals surface area (Å²) >= 11 is 0. The van der Waals surface area contributed by atoms with Crippen molar-refractivity contribution in [3.63, 3.8) is 0 Å². The molecule has 0 aliphatic carbocycles. The molecule has 0 saturated carbocycles. The van der Waals surface area contributed by atoms with E-state index in [0.29, 0.717) is 5.92 Å². The molecule has 1 N–H and O–H groups in total. The number of hydrogen-bond donors (Lipinski definition) is 1. The summed E-state index contributed by atoms with van der Waals surface area (Å²) in [4.78, 5) is 22.7. The van der Waals surface area contributed by atoms with Crippen LogP contribution in [0.15, 0.2) is 42.7 Å². The number of piperidine rings is 1. The van der Waals surface area contributed by atoms with E-state index < -0.39 is 0 Å². The van der Waals surface area contributed by atoms with Gasteiger partial charge in [0, 0.05) is 31.0 Å². The van der Waals surface area contributed by atoms with Crippen molar-refractivity contribution in [3.05, 3.63) is 65.0 Å². The smallest absolute Gasteiger partial charge is 0.254 e. The van der Waals surface area contributed by atoms with Crippen molar-refractivity contribution in [1.82, 2.24) is 14.9 Å². The van der Waals surface area contributed by atoms with Gasteiger partial charge in [-0.15, -0.1) is 0 Å². The number of nitrogens with zero attached hydrogens (tertiary/aromatic N) is 2. The Hall–Kier alpha value is -2.62. The topological polar surface area (TPSA) is 49.0 Å². The molecule has 1 aromatic carbocycles. The summed E-state index contributed by atoms with van der Waals surface area (Å²) < 4.78 is 0. The predicted molar refractivity (Wildman–Crippen MR) is 99.9 cm³/mol. The van der Waals surface area contributed by atoms with Gasteiger partial charge in [-0.05, 0) is 61.9 Å². The maximum Gasteiger partial charge on any atom is 0.254 e. The van der Waals surface area contributed by atoms with Gasteiger partial charge in [-0.2, -0.15) is 0 Å². The van der Waals surface area contributed by atoms with Crippen LogP contribution in [0.4, 0.5) is 0 Å². The van der Waals surface area contributed by atoms with Crippen LogP contribution in [-0.2, 0) is 0 Å². The van der Waals surface area contributed by atoms with E-state index in [-0.39, 0.29) is 5.91 Å². The van der Waals surface area contributed by atoms with Crippen molar-refractivity contribution in [2.24, 2.45) is 0 Å². The van der Waals surface area contributed by atoms with Crippen molar-refractivity contribution in [3.8, 4) is 0 Å². The Bertz CT molecular complexity index is 920. The third-order valence-corrected chi connectivity index (χ3v) is 5.30. The lowest BCUT2D eigenvalue weighted by atomic mass is 9.90. The molecule has 1 amide bonds. The highest BCUT2D eigenvalue weighted by molar-refractivity contribution is 5.95. The van der Waals surface area contributed by atoms with E-state index in [9.17, 15) is 4.79 Å². The molecule has 1 saturated heterocycles. The van der Waals surface area contributed by atoms with Crippen molar-refractivity contribution >= 4 is 16.9 Å². The first-order valence-electron chi connectivity index (χ1n) is 8.92. The van der Waals surface area contributed by atoms with Crippen LogP contribution in [0.2, 0.25) is 0 Å². The fourth-order valence-electron chi connectivity index (χ4n) is 3.90. The first-order chi connectivity index (χ1) is 12.1. The first-order valence-corrected chi connectivity index (χ1v) is 8.92. The van der Waals surface area contributed by atoms with Crippen molar-refractivity contribution in [1.29, 1.82) is 0 Å². The molecule has 0 bridgehead atoms. The molecule has 3 heterocycles. The number of carbonyl (C=O) groups excluding carboxylic acids is 1. The minimum atomic E-state index is 0.160. The van der Waals surface area contributed by atoms with Gasteiger partial charge >= 0.3 is 0 Å². The van der Waals surface area contributed by atoms with Gasteiger partial charge in [0.2, 0.25) is 0 Å². The van der Waals surface area contributed by atoms with Crippen LogP contribution >= 0.6 is 0 Å². The number of hydrogen-bond acceptors (Lipinski definition) is 2. The molecule has 25 heavy (non-hydrogen) atoms. The van der Waals surface area contributed by atoms with E-state index in [1.54, 1.807) is 0 Å². The van der Waals surface area contributed by atoms with Crippen molar-refractivity contribution in [2.75, 3.05) is 13.1 Å². The number of aryl methyl sites for hydroxylation is 2. The Labute approximate surface area is 147 Å². The highest BCUT2D eigenvalue weighted by Gasteiger charge is 2.26. The number of carbonyl (C=O) groups is 1. The van der Waals surface area contributed by atoms with Gasteiger partial charge < -0.3 is 9.88 Å². The van der Waals surface area contributed by atoms with Gasteiger partial charge in [-0.1, -0.05) is 17.7 Å². The average Bonchev–Trinajstić information content (AvgIpc) is 3.05. The molecule has 2 aromatic heterocycles. The van der Waals surface area contributed by atoms with Gasteiger partial charge in [0.15, 0.2) is 0 Å². The standard InChI is InChI=1S/C21H23N3O/c1-14-5-6-17(15(2)12-14)21(25)24-10-7-16(8-11-24)18-13-23-19-4-3-9-22-20(18)19/h3-6,9,12-13,16,23H,7-8,10-11H2,1-2H3. The lowest BCUT2D eigenvalue weighted by Gasteiger charge is -2.32. The number of benzene rings is 1. The van der Waals surface area contributed by atoms with E-state index in [1.807, 2.05) is 36.2 Å². The second-order valence-electron chi connectivity index (χ2n) is 7.03. The summed E-state index contributed by atoms with van der Waals surface area (Å²) in [6.45, 7) is 5.68. The second kappa shape index (κ2) is 6.36. The second-order valence-corrected chi connectivity index (χ2v) is 7.03. The van der Waals surface area contributed by atoms with Gasteiger partial charge in [-0.25, -0.2) is 0 Å². The highest BCUT2D eigenvalue weighted by atomic mass is 16.2. The Morgan fingerprint density at radius 3 is 2.76 bits per heavy atom. The molecule has 0 spiro atoms. The van der Waals surface area contributed by atoms with E-state index in [4.69, 9.17) is 0 Å². The third-order valence-electron chi connectivity index (χ3n) is 5.30. The number of rotatable bonds is 2. The van der Waals surface area contributed by atoms with Crippen molar-refractivity contribution in [2.45, 2.75) is 32.6 Å². The number of fused-ring (bicyclic) bond motifs is 1. The van der Waals surface area contributed by atoms with Crippen LogP contribution in [0.25, 0.3) is 11.0 Å². The SMILES string of the molecule is Cc1ccc(C(=O)N2CCC(c3c[nH]c4cccnc34)CC2)c(C)c1.